The summed E-state index contributed by atoms with van der Waals surface area (Å²) in [4.78, 5) is 21.0. The minimum atomic E-state index is -3.75. The number of hydrogen-bond acceptors (Lipinski definition) is 7. The Kier molecular flexibility index (Phi) is 6.26. The third-order valence-electron chi connectivity index (χ3n) is 5.83. The topological polar surface area (TPSA) is 103 Å². The zero-order chi connectivity index (χ0) is 24.6. The van der Waals surface area contributed by atoms with Gasteiger partial charge in [-0.25, -0.2) is 18.2 Å². The van der Waals surface area contributed by atoms with Gasteiger partial charge >= 0.3 is 5.97 Å². The molecule has 2 aromatic heterocycles. The molecule has 0 bridgehead atoms. The van der Waals surface area contributed by atoms with Gasteiger partial charge in [0.15, 0.2) is 0 Å². The Labute approximate surface area is 211 Å². The number of carboxylic acid groups (broad SMARTS) is 1. The predicted molar refractivity (Wildman–Crippen MR) is 140 cm³/mol. The third-order valence-corrected chi connectivity index (χ3v) is 8.93. The van der Waals surface area contributed by atoms with E-state index in [1.54, 1.807) is 29.6 Å². The van der Waals surface area contributed by atoms with E-state index < -0.39 is 16.0 Å². The maximum Gasteiger partial charge on any atom is 0.336 e. The Morgan fingerprint density at radius 2 is 1.74 bits per heavy atom. The van der Waals surface area contributed by atoms with Crippen LogP contribution >= 0.6 is 22.9 Å². The highest BCUT2D eigenvalue weighted by Gasteiger charge is 2.23. The van der Waals surface area contributed by atoms with Crippen molar-refractivity contribution in [2.75, 3.05) is 40.7 Å². The van der Waals surface area contributed by atoms with Gasteiger partial charge in [-0.05, 0) is 47.8 Å². The molecule has 8 nitrogen and oxygen atoms in total. The molecule has 4 aromatic rings. The number of halogens is 1. The quantitative estimate of drug-likeness (QED) is 0.371. The molecule has 2 aromatic carbocycles. The number of benzene rings is 2. The molecule has 2 N–H and O–H groups in total. The number of aromatic carboxylic acids is 1. The van der Waals surface area contributed by atoms with Crippen LogP contribution in [0.4, 0.5) is 17.2 Å². The number of hydrogen-bond donors (Lipinski definition) is 2. The van der Waals surface area contributed by atoms with Crippen LogP contribution in [0.1, 0.15) is 10.4 Å². The molecular formula is C24H21ClN4O4S2. The predicted octanol–water partition coefficient (Wildman–Crippen LogP) is 4.78. The summed E-state index contributed by atoms with van der Waals surface area (Å²) in [6, 6.07) is 17.1. The number of carbonyl (C=O) groups is 1. The molecule has 0 radical (unpaired) electrons. The lowest BCUT2D eigenvalue weighted by atomic mass is 10.1. The second-order valence-corrected chi connectivity index (χ2v) is 11.3. The van der Waals surface area contributed by atoms with Crippen molar-refractivity contribution in [3.05, 3.63) is 76.6 Å². The maximum absolute atomic E-state index is 12.6. The van der Waals surface area contributed by atoms with E-state index in [-0.39, 0.29) is 15.5 Å². The summed E-state index contributed by atoms with van der Waals surface area (Å²) in [5, 5.41) is 12.6. The fourth-order valence-electron chi connectivity index (χ4n) is 4.12. The molecule has 0 saturated carbocycles. The van der Waals surface area contributed by atoms with Gasteiger partial charge in [-0.3, -0.25) is 4.72 Å². The number of carboxylic acids is 1. The van der Waals surface area contributed by atoms with Crippen molar-refractivity contribution >= 4 is 67.0 Å². The van der Waals surface area contributed by atoms with Crippen LogP contribution in [-0.4, -0.2) is 50.7 Å². The van der Waals surface area contributed by atoms with Crippen molar-refractivity contribution in [2.24, 2.45) is 0 Å². The molecule has 180 valence electrons. The zero-order valence-corrected chi connectivity index (χ0v) is 20.8. The van der Waals surface area contributed by atoms with Gasteiger partial charge in [0.1, 0.15) is 10.0 Å². The lowest BCUT2D eigenvalue weighted by Crippen LogP contribution is -2.47. The zero-order valence-electron chi connectivity index (χ0n) is 18.4. The number of fused-ring (bicyclic) bond motifs is 1. The number of rotatable bonds is 6. The fraction of sp³-hybridized carbons (Fsp3) is 0.167. The minimum absolute atomic E-state index is 0.0655. The summed E-state index contributed by atoms with van der Waals surface area (Å²) in [5.41, 5.74) is 1.79. The Morgan fingerprint density at radius 1 is 1.00 bits per heavy atom. The highest BCUT2D eigenvalue weighted by Crippen LogP contribution is 2.30. The molecule has 11 heteroatoms. The smallest absolute Gasteiger partial charge is 0.336 e. The average molecular weight is 529 g/mol. The van der Waals surface area contributed by atoms with E-state index in [0.717, 1.165) is 30.1 Å². The Bertz CT molecular complexity index is 1500. The van der Waals surface area contributed by atoms with Crippen molar-refractivity contribution in [1.82, 2.24) is 4.98 Å². The van der Waals surface area contributed by atoms with Gasteiger partial charge < -0.3 is 14.9 Å². The first-order chi connectivity index (χ1) is 16.8. The first-order valence-corrected chi connectivity index (χ1v) is 13.5. The molecule has 0 atom stereocenters. The lowest BCUT2D eigenvalue weighted by molar-refractivity contribution is 0.0699. The van der Waals surface area contributed by atoms with Gasteiger partial charge in [0.25, 0.3) is 10.0 Å². The summed E-state index contributed by atoms with van der Waals surface area (Å²) in [7, 11) is -3.75. The molecule has 1 saturated heterocycles. The molecule has 1 aliphatic heterocycles. The Hall–Kier alpha value is -3.34. The van der Waals surface area contributed by atoms with E-state index in [2.05, 4.69) is 14.6 Å². The van der Waals surface area contributed by atoms with Crippen LogP contribution in [0.15, 0.2) is 70.3 Å². The number of nitrogens with one attached hydrogen (secondary N) is 1. The lowest BCUT2D eigenvalue weighted by Gasteiger charge is -2.37. The fourth-order valence-corrected chi connectivity index (χ4v) is 6.42. The molecule has 1 aliphatic rings. The van der Waals surface area contributed by atoms with E-state index in [4.69, 9.17) is 11.6 Å². The first-order valence-electron chi connectivity index (χ1n) is 10.8. The summed E-state index contributed by atoms with van der Waals surface area (Å²) in [6.45, 7) is 2.74. The molecular weight excluding hydrogens is 508 g/mol. The molecule has 3 heterocycles. The summed E-state index contributed by atoms with van der Waals surface area (Å²) >= 11 is 7.44. The number of pyridine rings is 1. The van der Waals surface area contributed by atoms with Crippen molar-refractivity contribution in [1.29, 1.82) is 0 Å². The highest BCUT2D eigenvalue weighted by molar-refractivity contribution is 7.94. The molecule has 0 unspecified atom stereocenters. The molecule has 35 heavy (non-hydrogen) atoms. The molecule has 1 fully saturated rings. The second kappa shape index (κ2) is 9.37. The first kappa shape index (κ1) is 23.4. The Morgan fingerprint density at radius 3 is 2.43 bits per heavy atom. The molecule has 0 amide bonds. The van der Waals surface area contributed by atoms with Gasteiger partial charge in [0.2, 0.25) is 0 Å². The van der Waals surface area contributed by atoms with Crippen LogP contribution in [0.2, 0.25) is 5.02 Å². The second-order valence-electron chi connectivity index (χ2n) is 8.03. The highest BCUT2D eigenvalue weighted by atomic mass is 35.5. The summed E-state index contributed by atoms with van der Waals surface area (Å²) in [5.74, 6) is -0.535. The van der Waals surface area contributed by atoms with Crippen LogP contribution in [0.25, 0.3) is 10.9 Å². The number of piperazine rings is 1. The Balaban J connectivity index is 1.41. The largest absolute Gasteiger partial charge is 0.478 e. The molecule has 0 spiro atoms. The minimum Gasteiger partial charge on any atom is -0.478 e. The van der Waals surface area contributed by atoms with E-state index in [1.807, 2.05) is 29.2 Å². The van der Waals surface area contributed by atoms with Crippen LogP contribution in [0.3, 0.4) is 0 Å². The molecule has 5 rings (SSSR count). The SMILES string of the molecule is O=C(O)c1cc(N2CCN(c3ccccc3Cl)CC2)nc2ccc(NS(=O)(=O)c3cccs3)cc12. The van der Waals surface area contributed by atoms with Gasteiger partial charge in [-0.15, -0.1) is 11.3 Å². The van der Waals surface area contributed by atoms with Crippen molar-refractivity contribution in [2.45, 2.75) is 4.21 Å². The third kappa shape index (κ3) is 4.77. The summed E-state index contributed by atoms with van der Waals surface area (Å²) in [6.07, 6.45) is 0. The average Bonchev–Trinajstić information content (AvgIpc) is 3.40. The number of thiophene rings is 1. The van der Waals surface area contributed by atoms with Crippen LogP contribution in [-0.2, 0) is 10.0 Å². The van der Waals surface area contributed by atoms with Gasteiger partial charge in [0.05, 0.1) is 21.8 Å². The summed E-state index contributed by atoms with van der Waals surface area (Å²) < 4.78 is 27.9. The number of sulfonamides is 1. The van der Waals surface area contributed by atoms with Crippen molar-refractivity contribution in [3.63, 3.8) is 0 Å². The van der Waals surface area contributed by atoms with Gasteiger partial charge in [0, 0.05) is 37.3 Å². The van der Waals surface area contributed by atoms with E-state index >= 15 is 0 Å². The van der Waals surface area contributed by atoms with E-state index in [9.17, 15) is 18.3 Å². The number of anilines is 3. The number of nitrogens with zero attached hydrogens (tertiary/aromatic N) is 3. The van der Waals surface area contributed by atoms with Crippen molar-refractivity contribution in [3.8, 4) is 0 Å². The van der Waals surface area contributed by atoms with Crippen LogP contribution in [0, 0.1) is 0 Å². The monoisotopic (exact) mass is 528 g/mol. The van der Waals surface area contributed by atoms with E-state index in [0.29, 0.717) is 34.8 Å². The van der Waals surface area contributed by atoms with E-state index in [1.165, 1.54) is 12.1 Å². The number of aromatic nitrogens is 1. The molecule has 0 aliphatic carbocycles. The van der Waals surface area contributed by atoms with Crippen molar-refractivity contribution < 1.29 is 18.3 Å². The van der Waals surface area contributed by atoms with Crippen LogP contribution < -0.4 is 14.5 Å². The van der Waals surface area contributed by atoms with Gasteiger partial charge in [-0.2, -0.15) is 0 Å². The van der Waals surface area contributed by atoms with Gasteiger partial charge in [-0.1, -0.05) is 29.8 Å². The number of para-hydroxylation sites is 1. The van der Waals surface area contributed by atoms with Crippen LogP contribution in [0.5, 0.6) is 0 Å². The maximum atomic E-state index is 12.6. The normalized spacial score (nSPS) is 14.3. The standard InChI is InChI=1S/C24H21ClN4O4S2/c25-19-4-1-2-5-21(19)28-9-11-29(12-10-28)22-15-18(24(30)31)17-14-16(7-8-20(17)26-22)27-35(32,33)23-6-3-13-34-23/h1-8,13-15,27H,9-12H2,(H,30,31).